The molecule has 15 heavy (non-hydrogen) atoms. The van der Waals surface area contributed by atoms with Crippen molar-refractivity contribution in [1.29, 1.82) is 0 Å². The third-order valence-corrected chi connectivity index (χ3v) is 2.40. The lowest BCUT2D eigenvalue weighted by molar-refractivity contribution is 0.137. The summed E-state index contributed by atoms with van der Waals surface area (Å²) in [7, 11) is 0. The van der Waals surface area contributed by atoms with Crippen molar-refractivity contribution in [3.63, 3.8) is 0 Å². The summed E-state index contributed by atoms with van der Waals surface area (Å²) in [6.45, 7) is 0. The zero-order valence-corrected chi connectivity index (χ0v) is 7.25. The van der Waals surface area contributed by atoms with Gasteiger partial charge in [-0.1, -0.05) is 0 Å². The lowest BCUT2D eigenvalue weighted by atomic mass is 10.1. The van der Waals surface area contributed by atoms with Crippen molar-refractivity contribution in [2.24, 2.45) is 0 Å². The summed E-state index contributed by atoms with van der Waals surface area (Å²) in [5.74, 6) is -10.2. The van der Waals surface area contributed by atoms with Crippen LogP contribution in [-0.4, -0.2) is 5.11 Å². The van der Waals surface area contributed by atoms with Crippen LogP contribution in [0.4, 0.5) is 22.0 Å². The molecule has 1 N–H and O–H groups in total. The van der Waals surface area contributed by atoms with E-state index in [0.29, 0.717) is 0 Å². The number of benzene rings is 1. The topological polar surface area (TPSA) is 20.2 Å². The van der Waals surface area contributed by atoms with Crippen LogP contribution in [0.15, 0.2) is 0 Å². The number of aliphatic hydroxyl groups is 1. The zero-order valence-electron chi connectivity index (χ0n) is 7.25. The van der Waals surface area contributed by atoms with Gasteiger partial charge in [0.2, 0.25) is 5.82 Å². The molecule has 6 heteroatoms. The van der Waals surface area contributed by atoms with Gasteiger partial charge < -0.3 is 5.11 Å². The fraction of sp³-hybridized carbons (Fsp3) is 0.333. The van der Waals surface area contributed by atoms with Gasteiger partial charge in [-0.3, -0.25) is 0 Å². The van der Waals surface area contributed by atoms with Crippen LogP contribution in [0.1, 0.15) is 18.4 Å². The molecule has 0 bridgehead atoms. The van der Waals surface area contributed by atoms with Gasteiger partial charge >= 0.3 is 0 Å². The van der Waals surface area contributed by atoms with Gasteiger partial charge in [0.05, 0.1) is 11.2 Å². The van der Waals surface area contributed by atoms with Crippen molar-refractivity contribution in [2.45, 2.75) is 18.4 Å². The second-order valence-electron chi connectivity index (χ2n) is 3.48. The first-order chi connectivity index (χ1) is 6.88. The second kappa shape index (κ2) is 2.91. The smallest absolute Gasteiger partial charge is 0.200 e. The molecule has 1 saturated carbocycles. The number of hydrogen-bond donors (Lipinski definition) is 1. The first kappa shape index (κ1) is 10.4. The molecule has 1 aromatic rings. The third-order valence-electron chi connectivity index (χ3n) is 2.40. The molecular weight excluding hydrogens is 219 g/mol. The molecule has 82 valence electrons. The van der Waals surface area contributed by atoms with Crippen LogP contribution in [-0.2, 0) is 5.60 Å². The number of halogens is 5. The Balaban J connectivity index is 2.74. The van der Waals surface area contributed by atoms with Gasteiger partial charge in [0, 0.05) is 0 Å². The fourth-order valence-corrected chi connectivity index (χ4v) is 1.38. The van der Waals surface area contributed by atoms with E-state index in [1.54, 1.807) is 0 Å². The van der Waals surface area contributed by atoms with Crippen molar-refractivity contribution in [2.75, 3.05) is 0 Å². The van der Waals surface area contributed by atoms with Gasteiger partial charge in [-0.15, -0.1) is 0 Å². The van der Waals surface area contributed by atoms with Crippen molar-refractivity contribution in [1.82, 2.24) is 0 Å². The van der Waals surface area contributed by atoms with E-state index in [9.17, 15) is 27.1 Å². The molecule has 1 aromatic carbocycles. The Morgan fingerprint density at radius 2 is 1.07 bits per heavy atom. The molecule has 0 radical (unpaired) electrons. The monoisotopic (exact) mass is 224 g/mol. The molecule has 1 nitrogen and oxygen atoms in total. The maximum atomic E-state index is 13.1. The van der Waals surface area contributed by atoms with E-state index in [-0.39, 0.29) is 12.8 Å². The van der Waals surface area contributed by atoms with Crippen LogP contribution >= 0.6 is 0 Å². The largest absolute Gasteiger partial charge is 0.385 e. The van der Waals surface area contributed by atoms with E-state index in [0.717, 1.165) is 0 Å². The van der Waals surface area contributed by atoms with E-state index in [2.05, 4.69) is 0 Å². The van der Waals surface area contributed by atoms with Crippen molar-refractivity contribution in [3.8, 4) is 0 Å². The highest BCUT2D eigenvalue weighted by atomic mass is 19.2. The van der Waals surface area contributed by atoms with E-state index in [4.69, 9.17) is 0 Å². The van der Waals surface area contributed by atoms with Gasteiger partial charge in [0.1, 0.15) is 0 Å². The predicted octanol–water partition coefficient (Wildman–Crippen LogP) is 2.36. The van der Waals surface area contributed by atoms with Crippen molar-refractivity contribution in [3.05, 3.63) is 34.6 Å². The molecule has 0 aromatic heterocycles. The third kappa shape index (κ3) is 1.31. The number of rotatable bonds is 1. The second-order valence-corrected chi connectivity index (χ2v) is 3.48. The summed E-state index contributed by atoms with van der Waals surface area (Å²) < 4.78 is 64.1. The Kier molecular flexibility index (Phi) is 2.01. The summed E-state index contributed by atoms with van der Waals surface area (Å²) in [4.78, 5) is 0. The fourth-order valence-electron chi connectivity index (χ4n) is 1.38. The molecule has 0 aliphatic heterocycles. The molecule has 1 aliphatic rings. The van der Waals surface area contributed by atoms with Crippen LogP contribution in [0.25, 0.3) is 0 Å². The van der Waals surface area contributed by atoms with E-state index >= 15 is 0 Å². The minimum atomic E-state index is -2.21. The van der Waals surface area contributed by atoms with E-state index in [1.807, 2.05) is 0 Å². The molecule has 0 heterocycles. The lowest BCUT2D eigenvalue weighted by Crippen LogP contribution is -2.15. The normalized spacial score (nSPS) is 18.0. The van der Waals surface area contributed by atoms with Crippen LogP contribution in [0, 0.1) is 29.1 Å². The molecule has 0 unspecified atom stereocenters. The zero-order chi connectivity index (χ0) is 11.4. The Morgan fingerprint density at radius 3 is 1.40 bits per heavy atom. The summed E-state index contributed by atoms with van der Waals surface area (Å²) in [6.07, 6.45) is -0.0172. The SMILES string of the molecule is OC1(c2c(F)c(F)c(F)c(F)c2F)CC1. The number of hydrogen-bond acceptors (Lipinski definition) is 1. The van der Waals surface area contributed by atoms with Crippen LogP contribution in [0.3, 0.4) is 0 Å². The maximum Gasteiger partial charge on any atom is 0.200 e. The molecule has 1 fully saturated rings. The highest BCUT2D eigenvalue weighted by Gasteiger charge is 2.48. The summed E-state index contributed by atoms with van der Waals surface area (Å²) >= 11 is 0. The minimum absolute atomic E-state index is 0.00858. The van der Waals surface area contributed by atoms with Crippen molar-refractivity contribution >= 4 is 0 Å². The highest BCUT2D eigenvalue weighted by Crippen LogP contribution is 2.48. The maximum absolute atomic E-state index is 13.1. The average Bonchev–Trinajstić information content (AvgIpc) is 2.91. The van der Waals surface area contributed by atoms with Gasteiger partial charge in [-0.25, -0.2) is 22.0 Å². The van der Waals surface area contributed by atoms with E-state index < -0.39 is 40.3 Å². The average molecular weight is 224 g/mol. The predicted molar refractivity (Wildman–Crippen MR) is 39.4 cm³/mol. The van der Waals surface area contributed by atoms with Crippen LogP contribution < -0.4 is 0 Å². The summed E-state index contributed by atoms with van der Waals surface area (Å²) in [5, 5.41) is 9.37. The minimum Gasteiger partial charge on any atom is -0.385 e. The quantitative estimate of drug-likeness (QED) is 0.441. The summed E-state index contributed by atoms with van der Waals surface area (Å²) in [6, 6.07) is 0. The molecule has 0 atom stereocenters. The molecule has 0 saturated heterocycles. The van der Waals surface area contributed by atoms with Crippen LogP contribution in [0.5, 0.6) is 0 Å². The van der Waals surface area contributed by atoms with Gasteiger partial charge in [-0.2, -0.15) is 0 Å². The molecule has 0 spiro atoms. The molecule has 2 rings (SSSR count). The van der Waals surface area contributed by atoms with Gasteiger partial charge in [0.15, 0.2) is 23.3 Å². The standard InChI is InChI=1S/C9H5F5O/c10-4-3(9(15)1-2-9)5(11)7(13)8(14)6(4)12/h15H,1-2H2. The van der Waals surface area contributed by atoms with Crippen molar-refractivity contribution < 1.29 is 27.1 Å². The van der Waals surface area contributed by atoms with Crippen LogP contribution in [0.2, 0.25) is 0 Å². The molecule has 1 aliphatic carbocycles. The highest BCUT2D eigenvalue weighted by molar-refractivity contribution is 5.32. The van der Waals surface area contributed by atoms with Gasteiger partial charge in [-0.05, 0) is 12.8 Å². The van der Waals surface area contributed by atoms with Gasteiger partial charge in [0.25, 0.3) is 0 Å². The molecule has 0 amide bonds. The Hall–Kier alpha value is -1.17. The first-order valence-corrected chi connectivity index (χ1v) is 4.13. The van der Waals surface area contributed by atoms with E-state index in [1.165, 1.54) is 0 Å². The Bertz CT molecular complexity index is 410. The summed E-state index contributed by atoms with van der Waals surface area (Å²) in [5.41, 5.74) is -3.03. The lowest BCUT2D eigenvalue weighted by Gasteiger charge is -2.12. The molecular formula is C9H5F5O. The Morgan fingerprint density at radius 1 is 0.733 bits per heavy atom. The Labute approximate surface area is 81.1 Å². The first-order valence-electron chi connectivity index (χ1n) is 4.13.